The summed E-state index contributed by atoms with van der Waals surface area (Å²) >= 11 is 0. The molecule has 1 aromatic carbocycles. The second-order valence-electron chi connectivity index (χ2n) is 3.60. The number of ether oxygens (including phenoxy) is 1. The van der Waals surface area contributed by atoms with Crippen molar-refractivity contribution in [2.45, 2.75) is 13.8 Å². The minimum Gasteiger partial charge on any atom is -0.410 e. The van der Waals surface area contributed by atoms with Crippen LogP contribution in [0.5, 0.6) is 0 Å². The summed E-state index contributed by atoms with van der Waals surface area (Å²) in [5.74, 6) is -0.202. The van der Waals surface area contributed by atoms with Gasteiger partial charge in [-0.15, -0.1) is 15.0 Å². The molecule has 0 bridgehead atoms. The van der Waals surface area contributed by atoms with Crippen molar-refractivity contribution in [1.82, 2.24) is 15.1 Å². The molecule has 6 nitrogen and oxygen atoms in total. The molecule has 0 fully saturated rings. The molecule has 0 atom stereocenters. The fourth-order valence-corrected chi connectivity index (χ4v) is 1.42. The molecular formula is C12H12N4O2. The number of aromatic nitrogens is 3. The molecule has 0 aliphatic rings. The minimum atomic E-state index is -0.417. The Morgan fingerprint density at radius 3 is 2.67 bits per heavy atom. The highest BCUT2D eigenvalue weighted by molar-refractivity contribution is 5.85. The Kier molecular flexibility index (Phi) is 3.47. The lowest BCUT2D eigenvalue weighted by atomic mass is 10.2. The maximum Gasteiger partial charge on any atom is 0.309 e. The SMILES string of the molecule is CC(=O)O/C(C)=N/n1cc(-c2ccccc2)nn1. The fourth-order valence-electron chi connectivity index (χ4n) is 1.42. The van der Waals surface area contributed by atoms with Gasteiger partial charge in [0.1, 0.15) is 5.69 Å². The first-order chi connectivity index (χ1) is 8.65. The van der Waals surface area contributed by atoms with E-state index in [4.69, 9.17) is 4.74 Å². The summed E-state index contributed by atoms with van der Waals surface area (Å²) < 4.78 is 4.79. The topological polar surface area (TPSA) is 69.4 Å². The lowest BCUT2D eigenvalue weighted by Gasteiger charge is -1.97. The van der Waals surface area contributed by atoms with Crippen molar-refractivity contribution >= 4 is 11.9 Å². The van der Waals surface area contributed by atoms with Crippen LogP contribution in [0.3, 0.4) is 0 Å². The van der Waals surface area contributed by atoms with Crippen molar-refractivity contribution in [2.24, 2.45) is 5.10 Å². The second-order valence-corrected chi connectivity index (χ2v) is 3.60. The number of hydrogen-bond donors (Lipinski definition) is 0. The Balaban J connectivity index is 2.19. The second kappa shape index (κ2) is 5.22. The summed E-state index contributed by atoms with van der Waals surface area (Å²) in [7, 11) is 0. The molecule has 2 aromatic rings. The Bertz CT molecular complexity index is 575. The van der Waals surface area contributed by atoms with E-state index in [0.29, 0.717) is 5.69 Å². The highest BCUT2D eigenvalue weighted by Gasteiger charge is 2.03. The van der Waals surface area contributed by atoms with Crippen molar-refractivity contribution in [3.8, 4) is 11.3 Å². The molecule has 0 saturated heterocycles. The third-order valence-corrected chi connectivity index (χ3v) is 2.09. The van der Waals surface area contributed by atoms with Crippen LogP contribution >= 0.6 is 0 Å². The van der Waals surface area contributed by atoms with Crippen LogP contribution in [0.25, 0.3) is 11.3 Å². The van der Waals surface area contributed by atoms with Gasteiger partial charge in [0.15, 0.2) is 0 Å². The molecule has 2 rings (SSSR count). The molecule has 0 spiro atoms. The van der Waals surface area contributed by atoms with Gasteiger partial charge in [-0.1, -0.05) is 30.3 Å². The van der Waals surface area contributed by atoms with Gasteiger partial charge in [-0.3, -0.25) is 4.79 Å². The number of rotatable bonds is 2. The summed E-state index contributed by atoms with van der Waals surface area (Å²) in [4.78, 5) is 12.0. The average molecular weight is 244 g/mol. The van der Waals surface area contributed by atoms with Gasteiger partial charge in [0.2, 0.25) is 5.90 Å². The Labute approximate surface area is 104 Å². The zero-order valence-corrected chi connectivity index (χ0v) is 10.1. The lowest BCUT2D eigenvalue weighted by Crippen LogP contribution is -2.07. The number of carbonyl (C=O) groups is 1. The van der Waals surface area contributed by atoms with Crippen molar-refractivity contribution in [3.05, 3.63) is 36.5 Å². The van der Waals surface area contributed by atoms with Crippen LogP contribution in [0.2, 0.25) is 0 Å². The van der Waals surface area contributed by atoms with E-state index in [0.717, 1.165) is 5.56 Å². The molecule has 0 amide bonds. The van der Waals surface area contributed by atoms with Crippen LogP contribution in [-0.4, -0.2) is 27.0 Å². The van der Waals surface area contributed by atoms with E-state index in [1.54, 1.807) is 13.1 Å². The van der Waals surface area contributed by atoms with Crippen molar-refractivity contribution in [3.63, 3.8) is 0 Å². The van der Waals surface area contributed by atoms with E-state index in [1.807, 2.05) is 30.3 Å². The lowest BCUT2D eigenvalue weighted by molar-refractivity contribution is -0.133. The molecule has 0 unspecified atom stereocenters. The van der Waals surface area contributed by atoms with E-state index >= 15 is 0 Å². The highest BCUT2D eigenvalue weighted by Crippen LogP contribution is 2.14. The van der Waals surface area contributed by atoms with Crippen molar-refractivity contribution < 1.29 is 9.53 Å². The summed E-state index contributed by atoms with van der Waals surface area (Å²) in [6.45, 7) is 2.89. The molecule has 0 N–H and O–H groups in total. The average Bonchev–Trinajstić information content (AvgIpc) is 2.77. The van der Waals surface area contributed by atoms with Crippen molar-refractivity contribution in [2.75, 3.05) is 0 Å². The van der Waals surface area contributed by atoms with E-state index in [1.165, 1.54) is 11.7 Å². The van der Waals surface area contributed by atoms with Gasteiger partial charge in [-0.25, -0.2) is 0 Å². The number of hydrogen-bond acceptors (Lipinski definition) is 5. The monoisotopic (exact) mass is 244 g/mol. The molecule has 0 aliphatic heterocycles. The predicted octanol–water partition coefficient (Wildman–Crippen LogP) is 1.69. The molecule has 0 aliphatic carbocycles. The van der Waals surface area contributed by atoms with E-state index < -0.39 is 5.97 Å². The number of esters is 1. The first kappa shape index (κ1) is 12.0. The zero-order valence-electron chi connectivity index (χ0n) is 10.1. The van der Waals surface area contributed by atoms with Crippen LogP contribution in [0.4, 0.5) is 0 Å². The standard InChI is InChI=1S/C12H12N4O2/c1-9(18-10(2)17)14-16-8-12(13-15-16)11-6-4-3-5-7-11/h3-8H,1-2H3/b14-9+. The van der Waals surface area contributed by atoms with Gasteiger partial charge in [-0.2, -0.15) is 0 Å². The van der Waals surface area contributed by atoms with Crippen LogP contribution in [0.1, 0.15) is 13.8 Å². The van der Waals surface area contributed by atoms with Gasteiger partial charge < -0.3 is 4.74 Å². The molecule has 1 aromatic heterocycles. The molecule has 1 heterocycles. The van der Waals surface area contributed by atoms with E-state index in [-0.39, 0.29) is 5.90 Å². The Morgan fingerprint density at radius 1 is 1.28 bits per heavy atom. The minimum absolute atomic E-state index is 0.215. The van der Waals surface area contributed by atoms with Crippen LogP contribution in [0, 0.1) is 0 Å². The third-order valence-electron chi connectivity index (χ3n) is 2.09. The first-order valence-corrected chi connectivity index (χ1v) is 5.37. The van der Waals surface area contributed by atoms with Crippen molar-refractivity contribution in [1.29, 1.82) is 0 Å². The van der Waals surface area contributed by atoms with Crippen LogP contribution in [-0.2, 0) is 9.53 Å². The molecule has 92 valence electrons. The normalized spacial score (nSPS) is 11.3. The van der Waals surface area contributed by atoms with Crippen LogP contribution in [0.15, 0.2) is 41.6 Å². The van der Waals surface area contributed by atoms with E-state index in [2.05, 4.69) is 15.4 Å². The molecular weight excluding hydrogens is 232 g/mol. The largest absolute Gasteiger partial charge is 0.410 e. The number of benzene rings is 1. The van der Waals surface area contributed by atoms with Gasteiger partial charge >= 0.3 is 5.97 Å². The molecule has 0 saturated carbocycles. The van der Waals surface area contributed by atoms with Gasteiger partial charge in [-0.05, 0) is 5.21 Å². The van der Waals surface area contributed by atoms with Crippen LogP contribution < -0.4 is 0 Å². The highest BCUT2D eigenvalue weighted by atomic mass is 16.5. The fraction of sp³-hybridized carbons (Fsp3) is 0.167. The quantitative estimate of drug-likeness (QED) is 0.458. The predicted molar refractivity (Wildman–Crippen MR) is 65.7 cm³/mol. The van der Waals surface area contributed by atoms with Gasteiger partial charge in [0.25, 0.3) is 0 Å². The Morgan fingerprint density at radius 2 is 2.00 bits per heavy atom. The Hall–Kier alpha value is -2.50. The molecule has 6 heteroatoms. The summed E-state index contributed by atoms with van der Waals surface area (Å²) in [5, 5.41) is 11.8. The third kappa shape index (κ3) is 3.00. The first-order valence-electron chi connectivity index (χ1n) is 5.37. The summed E-state index contributed by atoms with van der Waals surface area (Å²) in [5.41, 5.74) is 1.65. The van der Waals surface area contributed by atoms with Gasteiger partial charge in [0.05, 0.1) is 6.20 Å². The molecule has 0 radical (unpaired) electrons. The maximum atomic E-state index is 10.7. The zero-order chi connectivity index (χ0) is 13.0. The molecule has 18 heavy (non-hydrogen) atoms. The maximum absolute atomic E-state index is 10.7. The smallest absolute Gasteiger partial charge is 0.309 e. The number of carbonyl (C=O) groups excluding carboxylic acids is 1. The number of nitrogens with zero attached hydrogens (tertiary/aromatic N) is 4. The van der Waals surface area contributed by atoms with E-state index in [9.17, 15) is 4.79 Å². The van der Waals surface area contributed by atoms with Gasteiger partial charge in [0, 0.05) is 19.4 Å². The summed E-state index contributed by atoms with van der Waals surface area (Å²) in [6.07, 6.45) is 1.66. The summed E-state index contributed by atoms with van der Waals surface area (Å²) in [6, 6.07) is 9.62.